The van der Waals surface area contributed by atoms with Crippen molar-refractivity contribution in [3.05, 3.63) is 325 Å². The number of para-hydroxylation sites is 1. The second-order valence-electron chi connectivity index (χ2n) is 32.9. The Hall–Kier alpha value is -11.7. The van der Waals surface area contributed by atoms with Gasteiger partial charge in [-0.25, -0.2) is 0 Å². The van der Waals surface area contributed by atoms with Gasteiger partial charge in [0.05, 0.1) is 32.6 Å². The Morgan fingerprint density at radius 2 is 0.869 bits per heavy atom. The maximum Gasteiger partial charge on any atom is 0.249 e. The zero-order valence-corrected chi connectivity index (χ0v) is 63.4. The van der Waals surface area contributed by atoms with Gasteiger partial charge in [-0.2, -0.15) is 5.26 Å². The van der Waals surface area contributed by atoms with Crippen LogP contribution in [0.3, 0.4) is 0 Å². The average molecular weight is 1410 g/mol. The van der Waals surface area contributed by atoms with Crippen molar-refractivity contribution >= 4 is 94.4 Å². The summed E-state index contributed by atoms with van der Waals surface area (Å²) >= 11 is 1.81. The summed E-state index contributed by atoms with van der Waals surface area (Å²) in [4.78, 5) is 2.46. The number of rotatable bonds is 6. The summed E-state index contributed by atoms with van der Waals surface area (Å²) in [5.41, 5.74) is 25.3. The van der Waals surface area contributed by atoms with Gasteiger partial charge in [-0.15, -0.1) is 11.3 Å². The normalized spacial score (nSPS) is 13.6. The minimum Gasteiger partial charge on any atom is -0.355 e. The lowest BCUT2D eigenvalue weighted by Crippen LogP contribution is -2.58. The molecule has 0 saturated heterocycles. The van der Waals surface area contributed by atoms with Gasteiger partial charge < -0.3 is 15.5 Å². The zero-order chi connectivity index (χ0) is 79.9. The van der Waals surface area contributed by atoms with Crippen LogP contribution in [0.15, 0.2) is 297 Å². The molecule has 14 aromatic carbocycles. The second kappa shape index (κ2) is 26.4. The number of hydrogen-bond donors (Lipinski definition) is 2. The van der Waals surface area contributed by atoms with Gasteiger partial charge in [0.2, 0.25) is 6.71 Å². The van der Waals surface area contributed by atoms with E-state index in [1.807, 2.05) is 23.5 Å². The highest BCUT2D eigenvalue weighted by Gasteiger charge is 2.41. The summed E-state index contributed by atoms with van der Waals surface area (Å²) in [5.74, 6) is 0. The van der Waals surface area contributed by atoms with E-state index in [1.165, 1.54) is 37.4 Å². The fourth-order valence-electron chi connectivity index (χ4n) is 15.6. The molecule has 18 rings (SSSR count). The van der Waals surface area contributed by atoms with E-state index in [0.29, 0.717) is 5.69 Å². The van der Waals surface area contributed by atoms with E-state index in [9.17, 15) is 10.7 Å². The van der Waals surface area contributed by atoms with Crippen LogP contribution in [0, 0.1) is 11.3 Å². The molecular formula is C101H87BN4S. The van der Waals surface area contributed by atoms with Gasteiger partial charge >= 0.3 is 0 Å². The van der Waals surface area contributed by atoms with E-state index in [0.717, 1.165) is 134 Å². The predicted molar refractivity (Wildman–Crippen MR) is 461 cm³/mol. The third-order valence-corrected chi connectivity index (χ3v) is 22.7. The summed E-state index contributed by atoms with van der Waals surface area (Å²) in [5, 5.41) is 20.8. The molecule has 10 bridgehead atoms. The molecule has 0 amide bonds. The van der Waals surface area contributed by atoms with Crippen molar-refractivity contribution in [3.8, 4) is 95.1 Å². The van der Waals surface area contributed by atoms with Crippen LogP contribution in [-0.4, -0.2) is 6.71 Å². The van der Waals surface area contributed by atoms with Gasteiger partial charge in [0, 0.05) is 76.4 Å². The lowest BCUT2D eigenvalue weighted by molar-refractivity contribution is 0.590. The van der Waals surface area contributed by atoms with Crippen LogP contribution in [-0.2, 0) is 21.7 Å². The van der Waals surface area contributed by atoms with Crippen molar-refractivity contribution in [2.45, 2.75) is 105 Å². The van der Waals surface area contributed by atoms with Crippen molar-refractivity contribution in [1.29, 1.82) is 5.26 Å². The molecule has 4 nitrogen and oxygen atoms in total. The molecule has 0 unspecified atom stereocenters. The zero-order valence-electron chi connectivity index (χ0n) is 69.6. The first-order valence-corrected chi connectivity index (χ1v) is 37.8. The van der Waals surface area contributed by atoms with Crippen molar-refractivity contribution in [1.82, 2.24) is 0 Å². The van der Waals surface area contributed by atoms with E-state index in [-0.39, 0.29) is 50.1 Å². The van der Waals surface area contributed by atoms with Gasteiger partial charge in [0.25, 0.3) is 0 Å². The molecule has 2 N–H and O–H groups in total. The van der Waals surface area contributed by atoms with E-state index in [4.69, 9.17) is 4.11 Å². The molecule has 0 fully saturated rings. The van der Waals surface area contributed by atoms with Gasteiger partial charge in [0.1, 0.15) is 0 Å². The summed E-state index contributed by atoms with van der Waals surface area (Å²) in [7, 11) is 0. The Morgan fingerprint density at radius 3 is 1.49 bits per heavy atom. The molecule has 3 aliphatic heterocycles. The standard InChI is InChI=1S/C101H87BN4S/c1-98(2,3)75-36-24-32-68(52-75)71-39-46-91-89(55-71)102-87-44-42-76(99(4,5)6)60-92(87)106(93-61-79(43-45-88(93)102)104-90-38-20-19-37-80(90)72-33-21-25-63(49-72)62-103)97-83(65-28-17-14-18-29-65)58-78(101(10,11)12)59-84(97)74-35-23-31-67(51-74)70-41-48-95-86(54-70)85-53-69(40-47-94(85)107-95)66-30-22-34-73(50-66)82-57-77(100(7,8)9)56-81(96(82)105-91)64-26-15-13-16-27-64/h13-61,104-105H,1-12H3/i19D,20D,21D,25D,37D,38D,49D. The molecule has 4 heterocycles. The Kier molecular flexibility index (Phi) is 14.9. The van der Waals surface area contributed by atoms with E-state index < -0.39 is 43.0 Å². The number of thiophene rings is 1. The Morgan fingerprint density at radius 1 is 0.383 bits per heavy atom. The lowest BCUT2D eigenvalue weighted by atomic mass is 9.34. The second-order valence-corrected chi connectivity index (χ2v) is 34.0. The minimum absolute atomic E-state index is 0.0595. The first kappa shape index (κ1) is 60.5. The van der Waals surface area contributed by atoms with Crippen molar-refractivity contribution in [3.63, 3.8) is 0 Å². The molecule has 0 spiro atoms. The van der Waals surface area contributed by atoms with Crippen LogP contribution in [0.2, 0.25) is 0 Å². The molecule has 107 heavy (non-hydrogen) atoms. The third kappa shape index (κ3) is 12.8. The maximum atomic E-state index is 10.5. The average Bonchev–Trinajstić information content (AvgIpc) is 0.899. The van der Waals surface area contributed by atoms with Gasteiger partial charge in [-0.1, -0.05) is 277 Å². The summed E-state index contributed by atoms with van der Waals surface area (Å²) in [6, 6.07) is 92.1. The Labute approximate surface area is 645 Å². The number of benzene rings is 14. The Balaban J connectivity index is 1.05. The monoisotopic (exact) mass is 1410 g/mol. The maximum absolute atomic E-state index is 10.5. The smallest absolute Gasteiger partial charge is 0.249 e. The van der Waals surface area contributed by atoms with Gasteiger partial charge in [0.15, 0.2) is 0 Å². The van der Waals surface area contributed by atoms with Crippen LogP contribution in [0.5, 0.6) is 0 Å². The summed E-state index contributed by atoms with van der Waals surface area (Å²) < 4.78 is 67.5. The first-order chi connectivity index (χ1) is 54.4. The van der Waals surface area contributed by atoms with Crippen molar-refractivity contribution in [2.24, 2.45) is 0 Å². The molecule has 0 atom stereocenters. The number of anilines is 7. The Bertz CT molecular complexity index is 6530. The van der Waals surface area contributed by atoms with Crippen LogP contribution < -0.4 is 31.9 Å². The predicted octanol–water partition coefficient (Wildman–Crippen LogP) is 26.6. The molecule has 0 radical (unpaired) electrons. The van der Waals surface area contributed by atoms with E-state index in [1.54, 1.807) is 0 Å². The lowest BCUT2D eigenvalue weighted by Gasteiger charge is -2.41. The van der Waals surface area contributed by atoms with Crippen LogP contribution >= 0.6 is 11.3 Å². The van der Waals surface area contributed by atoms with Crippen molar-refractivity contribution < 1.29 is 9.60 Å². The molecular weight excluding hydrogens is 1310 g/mol. The summed E-state index contributed by atoms with van der Waals surface area (Å²) in [6.45, 7) is 26.7. The van der Waals surface area contributed by atoms with Gasteiger partial charge in [-0.05, 0) is 225 Å². The number of nitriles is 1. The largest absolute Gasteiger partial charge is 0.355 e. The minimum atomic E-state index is -0.550. The molecule has 15 aromatic rings. The molecule has 6 heteroatoms. The summed E-state index contributed by atoms with van der Waals surface area (Å²) in [6.07, 6.45) is 0. The van der Waals surface area contributed by atoms with Crippen LogP contribution in [0.25, 0.3) is 109 Å². The highest BCUT2D eigenvalue weighted by Crippen LogP contribution is 2.52. The van der Waals surface area contributed by atoms with Gasteiger partial charge in [-0.3, -0.25) is 0 Å². The van der Waals surface area contributed by atoms with Crippen LogP contribution in [0.4, 0.5) is 39.8 Å². The molecule has 520 valence electrons. The fourth-order valence-corrected chi connectivity index (χ4v) is 16.7. The van der Waals surface area contributed by atoms with E-state index >= 15 is 0 Å². The highest BCUT2D eigenvalue weighted by atomic mass is 32.1. The number of nitrogens with zero attached hydrogens (tertiary/aromatic N) is 2. The van der Waals surface area contributed by atoms with Crippen LogP contribution in [0.1, 0.15) is 120 Å². The van der Waals surface area contributed by atoms with E-state index in [2.05, 4.69) is 341 Å². The molecule has 3 aliphatic rings. The molecule has 0 saturated carbocycles. The first-order valence-electron chi connectivity index (χ1n) is 40.5. The number of nitrogens with one attached hydrogen (secondary N) is 2. The SMILES string of the molecule is [2H]c1cc(-c2c([2H])c([2H])c([2H])c([2H])c2Nc2ccc3c(c2)N2c4cc(C(C)(C)C)ccc4B3c3cc(-c4cccc(C(C)(C)C)c4)ccc3Nc3c(-c4ccccc4)cc(C(C)(C)C)cc3-c3cccc(c3)-c3ccc4sc5ccc(cc5c4c3)-c3cccc(c3)-c3cc(C(C)(C)C)cc(-c4ccccc4)c32)c([2H])c(C#N)c1[2H]. The van der Waals surface area contributed by atoms with Crippen molar-refractivity contribution in [2.75, 3.05) is 15.5 Å². The molecule has 1 aromatic heterocycles. The third-order valence-electron chi connectivity index (χ3n) is 21.6. The fraction of sp³-hybridized carbons (Fsp3) is 0.158. The molecule has 0 aliphatic carbocycles. The number of hydrogen-bond acceptors (Lipinski definition) is 5. The topological polar surface area (TPSA) is 51.1 Å². The highest BCUT2D eigenvalue weighted by molar-refractivity contribution is 7.25. The quantitative estimate of drug-likeness (QED) is 0.163.